The highest BCUT2D eigenvalue weighted by molar-refractivity contribution is 6.09. The van der Waals surface area contributed by atoms with Gasteiger partial charge in [-0.25, -0.2) is 9.97 Å². The number of carbonyl (C=O) groups is 2. The predicted molar refractivity (Wildman–Crippen MR) is 125 cm³/mol. The third-order valence-electron chi connectivity index (χ3n) is 5.08. The Morgan fingerprint density at radius 3 is 2.55 bits per heavy atom. The van der Waals surface area contributed by atoms with Gasteiger partial charge >= 0.3 is 0 Å². The summed E-state index contributed by atoms with van der Waals surface area (Å²) in [6.07, 6.45) is 1.58. The SMILES string of the molecule is Cc1nc(-c2ccccc2NC(=O)c2cccc(NC(=O)c3ccc4nc[nH]c4c3)c2)n[nH]1. The Hall–Kier alpha value is -4.79. The number of rotatable bonds is 5. The van der Waals surface area contributed by atoms with Crippen LogP contribution < -0.4 is 10.6 Å². The highest BCUT2D eigenvalue weighted by atomic mass is 16.2. The number of para-hydroxylation sites is 1. The first kappa shape index (κ1) is 20.1. The van der Waals surface area contributed by atoms with Gasteiger partial charge in [-0.1, -0.05) is 18.2 Å². The summed E-state index contributed by atoms with van der Waals surface area (Å²) < 4.78 is 0. The van der Waals surface area contributed by atoms with Gasteiger partial charge in [-0.05, 0) is 55.5 Å². The molecule has 33 heavy (non-hydrogen) atoms. The van der Waals surface area contributed by atoms with E-state index < -0.39 is 0 Å². The molecule has 2 heterocycles. The number of anilines is 2. The van der Waals surface area contributed by atoms with Gasteiger partial charge in [0, 0.05) is 22.4 Å². The molecule has 0 aliphatic carbocycles. The number of fused-ring (bicyclic) bond motifs is 1. The monoisotopic (exact) mass is 437 g/mol. The van der Waals surface area contributed by atoms with Crippen molar-refractivity contribution in [1.82, 2.24) is 25.1 Å². The lowest BCUT2D eigenvalue weighted by atomic mass is 10.1. The van der Waals surface area contributed by atoms with Crippen LogP contribution in [0.15, 0.2) is 73.1 Å². The Balaban J connectivity index is 1.34. The maximum absolute atomic E-state index is 12.9. The number of benzene rings is 3. The highest BCUT2D eigenvalue weighted by Crippen LogP contribution is 2.25. The van der Waals surface area contributed by atoms with Gasteiger partial charge in [-0.15, -0.1) is 0 Å². The van der Waals surface area contributed by atoms with Crippen LogP contribution in [0, 0.1) is 6.92 Å². The van der Waals surface area contributed by atoms with E-state index in [1.54, 1.807) is 54.9 Å². The fourth-order valence-corrected chi connectivity index (χ4v) is 3.46. The number of hydrogen-bond acceptors (Lipinski definition) is 5. The van der Waals surface area contributed by atoms with Crippen LogP contribution in [-0.2, 0) is 0 Å². The number of amides is 2. The van der Waals surface area contributed by atoms with Gasteiger partial charge in [-0.2, -0.15) is 5.10 Å². The fourth-order valence-electron chi connectivity index (χ4n) is 3.46. The molecule has 0 aliphatic rings. The molecule has 5 aromatic rings. The minimum Gasteiger partial charge on any atom is -0.345 e. The molecule has 0 fully saturated rings. The van der Waals surface area contributed by atoms with E-state index in [4.69, 9.17) is 0 Å². The predicted octanol–water partition coefficient (Wildman–Crippen LogP) is 4.16. The summed E-state index contributed by atoms with van der Waals surface area (Å²) in [5.74, 6) is 0.582. The summed E-state index contributed by atoms with van der Waals surface area (Å²) in [6, 6.07) is 19.3. The zero-order chi connectivity index (χ0) is 22.8. The Morgan fingerprint density at radius 2 is 1.70 bits per heavy atom. The lowest BCUT2D eigenvalue weighted by molar-refractivity contribution is 0.101. The molecule has 2 aromatic heterocycles. The summed E-state index contributed by atoms with van der Waals surface area (Å²) in [5.41, 5.74) is 4.24. The van der Waals surface area contributed by atoms with Crippen molar-refractivity contribution < 1.29 is 9.59 Å². The normalized spacial score (nSPS) is 10.8. The van der Waals surface area contributed by atoms with Crippen molar-refractivity contribution in [2.24, 2.45) is 0 Å². The maximum Gasteiger partial charge on any atom is 0.255 e. The van der Waals surface area contributed by atoms with E-state index in [1.807, 2.05) is 25.1 Å². The third-order valence-corrected chi connectivity index (χ3v) is 5.08. The number of aromatic amines is 2. The second-order valence-corrected chi connectivity index (χ2v) is 7.41. The van der Waals surface area contributed by atoms with Crippen LogP contribution >= 0.6 is 0 Å². The highest BCUT2D eigenvalue weighted by Gasteiger charge is 2.14. The van der Waals surface area contributed by atoms with Gasteiger partial charge in [0.2, 0.25) is 0 Å². The van der Waals surface area contributed by atoms with Crippen LogP contribution in [0.1, 0.15) is 26.5 Å². The van der Waals surface area contributed by atoms with Crippen LogP contribution in [0.5, 0.6) is 0 Å². The second-order valence-electron chi connectivity index (χ2n) is 7.41. The molecule has 0 aliphatic heterocycles. The molecule has 0 bridgehead atoms. The van der Waals surface area contributed by atoms with E-state index in [0.29, 0.717) is 39.7 Å². The molecule has 0 atom stereocenters. The molecule has 0 saturated carbocycles. The number of aryl methyl sites for hydroxylation is 1. The molecule has 9 nitrogen and oxygen atoms in total. The Kier molecular flexibility index (Phi) is 5.12. The number of imidazole rings is 1. The number of nitrogens with zero attached hydrogens (tertiary/aromatic N) is 3. The van der Waals surface area contributed by atoms with E-state index in [9.17, 15) is 9.59 Å². The zero-order valence-electron chi connectivity index (χ0n) is 17.6. The number of carbonyl (C=O) groups excluding carboxylic acids is 2. The van der Waals surface area contributed by atoms with E-state index >= 15 is 0 Å². The average molecular weight is 437 g/mol. The van der Waals surface area contributed by atoms with Crippen molar-refractivity contribution in [3.63, 3.8) is 0 Å². The van der Waals surface area contributed by atoms with Gasteiger partial charge in [0.15, 0.2) is 5.82 Å². The molecule has 3 aromatic carbocycles. The van der Waals surface area contributed by atoms with Crippen molar-refractivity contribution in [3.8, 4) is 11.4 Å². The number of H-pyrrole nitrogens is 2. The molecule has 0 saturated heterocycles. The molecule has 5 rings (SSSR count). The minimum absolute atomic E-state index is 0.283. The van der Waals surface area contributed by atoms with E-state index in [1.165, 1.54) is 0 Å². The second kappa shape index (κ2) is 8.39. The molecular weight excluding hydrogens is 418 g/mol. The average Bonchev–Trinajstić information content (AvgIpc) is 3.48. The van der Waals surface area contributed by atoms with Gasteiger partial charge in [0.1, 0.15) is 5.82 Å². The summed E-state index contributed by atoms with van der Waals surface area (Å²) in [5, 5.41) is 12.7. The summed E-state index contributed by atoms with van der Waals surface area (Å²) in [4.78, 5) is 37.1. The Labute approximate surface area is 188 Å². The van der Waals surface area contributed by atoms with Crippen molar-refractivity contribution in [2.45, 2.75) is 6.92 Å². The van der Waals surface area contributed by atoms with Crippen molar-refractivity contribution in [1.29, 1.82) is 0 Å². The summed E-state index contributed by atoms with van der Waals surface area (Å²) in [6.45, 7) is 1.81. The van der Waals surface area contributed by atoms with Crippen LogP contribution in [-0.4, -0.2) is 37.0 Å². The topological polar surface area (TPSA) is 128 Å². The van der Waals surface area contributed by atoms with E-state index in [2.05, 4.69) is 35.8 Å². The van der Waals surface area contributed by atoms with E-state index in [0.717, 1.165) is 11.0 Å². The van der Waals surface area contributed by atoms with Gasteiger partial charge in [0.25, 0.3) is 11.8 Å². The lowest BCUT2D eigenvalue weighted by Gasteiger charge is -2.10. The van der Waals surface area contributed by atoms with Crippen molar-refractivity contribution in [3.05, 3.63) is 90.0 Å². The smallest absolute Gasteiger partial charge is 0.255 e. The van der Waals surface area contributed by atoms with Crippen molar-refractivity contribution >= 4 is 34.2 Å². The van der Waals surface area contributed by atoms with Gasteiger partial charge < -0.3 is 15.6 Å². The standard InChI is InChI=1S/C24H19N7O2/c1-14-27-22(31-30-14)18-7-2-3-8-19(18)29-24(33)15-5-4-6-17(11-15)28-23(32)16-9-10-20-21(12-16)26-13-25-20/h2-13H,1H3,(H,25,26)(H,28,32)(H,29,33)(H,27,30,31). The van der Waals surface area contributed by atoms with E-state index in [-0.39, 0.29) is 11.8 Å². The molecule has 2 amide bonds. The van der Waals surface area contributed by atoms with Crippen LogP contribution in [0.4, 0.5) is 11.4 Å². The lowest BCUT2D eigenvalue weighted by Crippen LogP contribution is -2.15. The summed E-state index contributed by atoms with van der Waals surface area (Å²) in [7, 11) is 0. The minimum atomic E-state index is -0.315. The van der Waals surface area contributed by atoms with Gasteiger partial charge in [-0.3, -0.25) is 14.7 Å². The first-order valence-electron chi connectivity index (χ1n) is 10.2. The summed E-state index contributed by atoms with van der Waals surface area (Å²) >= 11 is 0. The van der Waals surface area contributed by atoms with Gasteiger partial charge in [0.05, 0.1) is 23.0 Å². The Morgan fingerprint density at radius 1 is 0.879 bits per heavy atom. The van der Waals surface area contributed by atoms with Crippen LogP contribution in [0.2, 0.25) is 0 Å². The first-order chi connectivity index (χ1) is 16.1. The number of aromatic nitrogens is 5. The number of nitrogens with one attached hydrogen (secondary N) is 4. The molecule has 0 unspecified atom stereocenters. The zero-order valence-corrected chi connectivity index (χ0v) is 17.6. The number of hydrogen-bond donors (Lipinski definition) is 4. The molecule has 162 valence electrons. The van der Waals surface area contributed by atoms with Crippen molar-refractivity contribution in [2.75, 3.05) is 10.6 Å². The third kappa shape index (κ3) is 4.19. The molecule has 9 heteroatoms. The molecule has 0 spiro atoms. The molecule has 4 N–H and O–H groups in total. The quantitative estimate of drug-likeness (QED) is 0.328. The Bertz CT molecular complexity index is 1490. The largest absolute Gasteiger partial charge is 0.345 e. The van der Waals surface area contributed by atoms with Crippen LogP contribution in [0.25, 0.3) is 22.4 Å². The first-order valence-corrected chi connectivity index (χ1v) is 10.2. The molecule has 0 radical (unpaired) electrons. The van der Waals surface area contributed by atoms with Crippen LogP contribution in [0.3, 0.4) is 0 Å². The fraction of sp³-hybridized carbons (Fsp3) is 0.0417. The molecular formula is C24H19N7O2. The maximum atomic E-state index is 12.9.